The van der Waals surface area contributed by atoms with Gasteiger partial charge < -0.3 is 0 Å². The van der Waals surface area contributed by atoms with Crippen molar-refractivity contribution in [3.63, 3.8) is 0 Å². The second-order valence-electron chi connectivity index (χ2n) is 4.96. The molecule has 1 fully saturated rings. The number of hydrogen-bond acceptors (Lipinski definition) is 1. The van der Waals surface area contributed by atoms with E-state index in [1.807, 2.05) is 0 Å². The molecule has 1 nitrogen and oxygen atoms in total. The number of carbonyl (C=O) groups excluding carboxylic acids is 1. The molecular weight excluding hydrogens is 172 g/mol. The molecule has 1 aliphatic rings. The Morgan fingerprint density at radius 3 is 2.21 bits per heavy atom. The van der Waals surface area contributed by atoms with Crippen LogP contribution in [0.15, 0.2) is 11.6 Å². The van der Waals surface area contributed by atoms with Crippen molar-refractivity contribution >= 4 is 6.29 Å². The lowest BCUT2D eigenvalue weighted by molar-refractivity contribution is -0.105. The third kappa shape index (κ3) is 3.28. The molecule has 0 aromatic heterocycles. The molecule has 80 valence electrons. The highest BCUT2D eigenvalue weighted by molar-refractivity contribution is 5.73. The molecule has 0 unspecified atom stereocenters. The summed E-state index contributed by atoms with van der Waals surface area (Å²) in [6.07, 6.45) is 8.43. The topological polar surface area (TPSA) is 17.1 Å². The minimum atomic E-state index is 0.381. The average molecular weight is 194 g/mol. The van der Waals surface area contributed by atoms with Crippen LogP contribution in [0.5, 0.6) is 0 Å². The SMILES string of the molecule is CC1CCC(/C=C(/C=O)C(C)C)CC1. The molecule has 14 heavy (non-hydrogen) atoms. The number of rotatable bonds is 3. The quantitative estimate of drug-likeness (QED) is 0.495. The van der Waals surface area contributed by atoms with Gasteiger partial charge in [-0.15, -0.1) is 0 Å². The number of allylic oxidation sites excluding steroid dienone is 2. The molecule has 1 rings (SSSR count). The van der Waals surface area contributed by atoms with Crippen molar-refractivity contribution in [1.82, 2.24) is 0 Å². The maximum absolute atomic E-state index is 10.8. The Morgan fingerprint density at radius 1 is 1.21 bits per heavy atom. The predicted molar refractivity (Wildman–Crippen MR) is 60.1 cm³/mol. The van der Waals surface area contributed by atoms with Crippen molar-refractivity contribution in [1.29, 1.82) is 0 Å². The zero-order chi connectivity index (χ0) is 10.6. The molecule has 1 aliphatic carbocycles. The Balaban J connectivity index is 2.53. The molecule has 0 heterocycles. The fourth-order valence-corrected chi connectivity index (χ4v) is 2.09. The van der Waals surface area contributed by atoms with E-state index in [9.17, 15) is 4.79 Å². The normalized spacial score (nSPS) is 29.3. The number of carbonyl (C=O) groups is 1. The molecule has 0 spiro atoms. The van der Waals surface area contributed by atoms with Gasteiger partial charge in [0.1, 0.15) is 6.29 Å². The van der Waals surface area contributed by atoms with E-state index in [0.717, 1.165) is 17.8 Å². The summed E-state index contributed by atoms with van der Waals surface area (Å²) in [6, 6.07) is 0. The Hall–Kier alpha value is -0.590. The van der Waals surface area contributed by atoms with Gasteiger partial charge in [-0.05, 0) is 36.2 Å². The third-order valence-corrected chi connectivity index (χ3v) is 3.29. The Kier molecular flexibility index (Phi) is 4.37. The highest BCUT2D eigenvalue weighted by Crippen LogP contribution is 2.30. The fourth-order valence-electron chi connectivity index (χ4n) is 2.09. The second kappa shape index (κ2) is 5.33. The second-order valence-corrected chi connectivity index (χ2v) is 4.96. The maximum Gasteiger partial charge on any atom is 0.145 e. The zero-order valence-electron chi connectivity index (χ0n) is 9.62. The third-order valence-electron chi connectivity index (χ3n) is 3.29. The molecule has 1 heteroatoms. The molecule has 0 bridgehead atoms. The van der Waals surface area contributed by atoms with Gasteiger partial charge in [-0.25, -0.2) is 0 Å². The first-order chi connectivity index (χ1) is 6.63. The van der Waals surface area contributed by atoms with E-state index in [0.29, 0.717) is 11.8 Å². The standard InChI is InChI=1S/C13H22O/c1-10(2)13(9-14)8-12-6-4-11(3)5-7-12/h8-12H,4-7H2,1-3H3/b13-8-. The molecule has 0 atom stereocenters. The highest BCUT2D eigenvalue weighted by Gasteiger charge is 2.17. The summed E-state index contributed by atoms with van der Waals surface area (Å²) >= 11 is 0. The molecule has 0 radical (unpaired) electrons. The van der Waals surface area contributed by atoms with Gasteiger partial charge in [0.15, 0.2) is 0 Å². The first-order valence-electron chi connectivity index (χ1n) is 5.80. The zero-order valence-corrected chi connectivity index (χ0v) is 9.62. The number of aldehydes is 1. The van der Waals surface area contributed by atoms with E-state index >= 15 is 0 Å². The minimum absolute atomic E-state index is 0.381. The molecule has 0 amide bonds. The van der Waals surface area contributed by atoms with Crippen LogP contribution >= 0.6 is 0 Å². The van der Waals surface area contributed by atoms with Gasteiger partial charge in [-0.3, -0.25) is 4.79 Å². The number of hydrogen-bond donors (Lipinski definition) is 0. The van der Waals surface area contributed by atoms with Crippen molar-refractivity contribution in [2.24, 2.45) is 17.8 Å². The van der Waals surface area contributed by atoms with Crippen molar-refractivity contribution in [3.05, 3.63) is 11.6 Å². The van der Waals surface area contributed by atoms with Crippen LogP contribution in [0.4, 0.5) is 0 Å². The summed E-state index contributed by atoms with van der Waals surface area (Å²) in [6.45, 7) is 6.50. The highest BCUT2D eigenvalue weighted by atomic mass is 16.1. The summed E-state index contributed by atoms with van der Waals surface area (Å²) in [5.41, 5.74) is 0.990. The summed E-state index contributed by atoms with van der Waals surface area (Å²) in [5, 5.41) is 0. The van der Waals surface area contributed by atoms with E-state index < -0.39 is 0 Å². The molecular formula is C13H22O. The summed E-state index contributed by atoms with van der Waals surface area (Å²) in [4.78, 5) is 10.8. The van der Waals surface area contributed by atoms with Gasteiger partial charge in [0.25, 0.3) is 0 Å². The maximum atomic E-state index is 10.8. The first kappa shape index (κ1) is 11.5. The van der Waals surface area contributed by atoms with E-state index in [-0.39, 0.29) is 0 Å². The minimum Gasteiger partial charge on any atom is -0.298 e. The first-order valence-corrected chi connectivity index (χ1v) is 5.80. The molecule has 1 saturated carbocycles. The van der Waals surface area contributed by atoms with Crippen LogP contribution in [-0.4, -0.2) is 6.29 Å². The van der Waals surface area contributed by atoms with Crippen LogP contribution in [0.3, 0.4) is 0 Å². The monoisotopic (exact) mass is 194 g/mol. The van der Waals surface area contributed by atoms with E-state index in [1.165, 1.54) is 25.7 Å². The van der Waals surface area contributed by atoms with Gasteiger partial charge in [0.2, 0.25) is 0 Å². The van der Waals surface area contributed by atoms with Crippen molar-refractivity contribution in [3.8, 4) is 0 Å². The van der Waals surface area contributed by atoms with Crippen LogP contribution < -0.4 is 0 Å². The lowest BCUT2D eigenvalue weighted by atomic mass is 9.81. The summed E-state index contributed by atoms with van der Waals surface area (Å²) in [7, 11) is 0. The predicted octanol–water partition coefficient (Wildman–Crippen LogP) is 3.59. The van der Waals surface area contributed by atoms with Crippen molar-refractivity contribution in [2.45, 2.75) is 46.5 Å². The van der Waals surface area contributed by atoms with Crippen LogP contribution in [0.25, 0.3) is 0 Å². The largest absolute Gasteiger partial charge is 0.298 e. The summed E-state index contributed by atoms with van der Waals surface area (Å²) < 4.78 is 0. The van der Waals surface area contributed by atoms with E-state index in [4.69, 9.17) is 0 Å². The molecule has 0 N–H and O–H groups in total. The molecule has 0 aromatic rings. The molecule has 0 aliphatic heterocycles. The van der Waals surface area contributed by atoms with Gasteiger partial charge in [-0.1, -0.05) is 39.7 Å². The van der Waals surface area contributed by atoms with Crippen molar-refractivity contribution in [2.75, 3.05) is 0 Å². The lowest BCUT2D eigenvalue weighted by Crippen LogP contribution is -2.11. The smallest absolute Gasteiger partial charge is 0.145 e. The van der Waals surface area contributed by atoms with Crippen molar-refractivity contribution < 1.29 is 4.79 Å². The Labute approximate surface area is 87.6 Å². The van der Waals surface area contributed by atoms with Gasteiger partial charge in [0, 0.05) is 0 Å². The van der Waals surface area contributed by atoms with E-state index in [2.05, 4.69) is 26.8 Å². The lowest BCUT2D eigenvalue weighted by Gasteiger charge is -2.24. The van der Waals surface area contributed by atoms with Crippen LogP contribution in [0.2, 0.25) is 0 Å². The average Bonchev–Trinajstić information content (AvgIpc) is 2.16. The van der Waals surface area contributed by atoms with Gasteiger partial charge in [-0.2, -0.15) is 0 Å². The molecule has 0 aromatic carbocycles. The van der Waals surface area contributed by atoms with Crippen LogP contribution in [0, 0.1) is 17.8 Å². The van der Waals surface area contributed by atoms with Crippen LogP contribution in [-0.2, 0) is 4.79 Å². The Morgan fingerprint density at radius 2 is 1.79 bits per heavy atom. The summed E-state index contributed by atoms with van der Waals surface area (Å²) in [5.74, 6) is 1.93. The van der Waals surface area contributed by atoms with Gasteiger partial charge >= 0.3 is 0 Å². The molecule has 0 saturated heterocycles. The van der Waals surface area contributed by atoms with Crippen LogP contribution in [0.1, 0.15) is 46.5 Å². The fraction of sp³-hybridized carbons (Fsp3) is 0.769. The van der Waals surface area contributed by atoms with Gasteiger partial charge in [0.05, 0.1) is 0 Å². The Bertz CT molecular complexity index is 207. The van der Waals surface area contributed by atoms with E-state index in [1.54, 1.807) is 0 Å².